The zero-order valence-corrected chi connectivity index (χ0v) is 19.8. The van der Waals surface area contributed by atoms with E-state index in [-0.39, 0.29) is 0 Å². The van der Waals surface area contributed by atoms with Crippen molar-refractivity contribution < 1.29 is 0 Å². The van der Waals surface area contributed by atoms with Gasteiger partial charge in [-0.3, -0.25) is 0 Å². The predicted molar refractivity (Wildman–Crippen MR) is 139 cm³/mol. The molecule has 6 aromatic rings. The number of aromatic nitrogens is 6. The number of hydrogen-bond donors (Lipinski definition) is 0. The molecule has 0 spiro atoms. The molecule has 0 bridgehead atoms. The summed E-state index contributed by atoms with van der Waals surface area (Å²) in [5.41, 5.74) is 4.56. The maximum atomic E-state index is 4.75. The van der Waals surface area contributed by atoms with Crippen LogP contribution < -0.4 is 0 Å². The molecule has 0 amide bonds. The second kappa shape index (κ2) is 9.07. The largest absolute Gasteiger partial charge is 0.237 e. The van der Waals surface area contributed by atoms with Gasteiger partial charge in [0, 0.05) is 35.4 Å². The van der Waals surface area contributed by atoms with Gasteiger partial charge >= 0.3 is 0 Å². The van der Waals surface area contributed by atoms with Crippen LogP contribution in [0.1, 0.15) is 27.9 Å². The number of hydrogen-bond acceptors (Lipinski definition) is 4. The van der Waals surface area contributed by atoms with E-state index < -0.39 is 5.41 Å². The lowest BCUT2D eigenvalue weighted by Gasteiger charge is -2.34. The molecule has 4 heterocycles. The van der Waals surface area contributed by atoms with E-state index in [1.165, 1.54) is 0 Å². The molecule has 0 aliphatic carbocycles. The minimum atomic E-state index is -0.655. The molecule has 4 aromatic heterocycles. The average molecular weight is 469 g/mol. The quantitative estimate of drug-likeness (QED) is 0.322. The SMILES string of the molecule is Cc1cccc(-n2cc(C(c3ccccc3)(c3ccccc3)c3cnn(-c4ccccn4)c3)cn2)n1. The van der Waals surface area contributed by atoms with Crippen molar-refractivity contribution in [3.8, 4) is 11.6 Å². The van der Waals surface area contributed by atoms with Gasteiger partial charge in [-0.1, -0.05) is 72.8 Å². The minimum absolute atomic E-state index is 0.655. The Balaban J connectivity index is 1.62. The first-order valence-corrected chi connectivity index (χ1v) is 11.8. The molecule has 0 aliphatic heterocycles. The van der Waals surface area contributed by atoms with Crippen LogP contribution in [0.5, 0.6) is 0 Å². The van der Waals surface area contributed by atoms with E-state index >= 15 is 0 Å². The Kier molecular flexibility index (Phi) is 5.46. The summed E-state index contributed by atoms with van der Waals surface area (Å²) in [6, 6.07) is 32.8. The van der Waals surface area contributed by atoms with Gasteiger partial charge in [-0.15, -0.1) is 0 Å². The number of rotatable bonds is 6. The van der Waals surface area contributed by atoms with Crippen molar-refractivity contribution in [2.75, 3.05) is 0 Å². The van der Waals surface area contributed by atoms with Crippen LogP contribution in [-0.2, 0) is 5.41 Å². The van der Waals surface area contributed by atoms with Gasteiger partial charge < -0.3 is 0 Å². The molecule has 0 saturated heterocycles. The molecule has 0 radical (unpaired) electrons. The second-order valence-corrected chi connectivity index (χ2v) is 8.65. The third kappa shape index (κ3) is 3.69. The van der Waals surface area contributed by atoms with Crippen LogP contribution in [-0.4, -0.2) is 29.5 Å². The van der Waals surface area contributed by atoms with Crippen molar-refractivity contribution in [2.24, 2.45) is 0 Å². The van der Waals surface area contributed by atoms with Crippen LogP contribution in [0, 0.1) is 6.92 Å². The van der Waals surface area contributed by atoms with Crippen LogP contribution >= 0.6 is 0 Å². The molecule has 6 rings (SSSR count). The summed E-state index contributed by atoms with van der Waals surface area (Å²) >= 11 is 0. The van der Waals surface area contributed by atoms with E-state index in [0.29, 0.717) is 0 Å². The molecular weight excluding hydrogens is 444 g/mol. The van der Waals surface area contributed by atoms with Crippen LogP contribution in [0.4, 0.5) is 0 Å². The lowest BCUT2D eigenvalue weighted by molar-refractivity contribution is 0.742. The van der Waals surface area contributed by atoms with Gasteiger partial charge in [0.05, 0.1) is 17.8 Å². The highest BCUT2D eigenvalue weighted by Gasteiger charge is 2.40. The zero-order valence-electron chi connectivity index (χ0n) is 19.8. The maximum absolute atomic E-state index is 4.75. The molecule has 0 fully saturated rings. The van der Waals surface area contributed by atoms with E-state index in [9.17, 15) is 0 Å². The van der Waals surface area contributed by atoms with Gasteiger partial charge in [-0.25, -0.2) is 19.3 Å². The number of nitrogens with zero attached hydrogens (tertiary/aromatic N) is 6. The number of pyridine rings is 2. The highest BCUT2D eigenvalue weighted by Crippen LogP contribution is 2.45. The minimum Gasteiger partial charge on any atom is -0.237 e. The molecule has 2 aromatic carbocycles. The van der Waals surface area contributed by atoms with E-state index in [1.807, 2.05) is 77.2 Å². The van der Waals surface area contributed by atoms with Crippen molar-refractivity contribution in [1.29, 1.82) is 0 Å². The molecule has 0 unspecified atom stereocenters. The number of benzene rings is 2. The van der Waals surface area contributed by atoms with Crippen molar-refractivity contribution in [3.63, 3.8) is 0 Å². The fourth-order valence-corrected chi connectivity index (χ4v) is 4.81. The van der Waals surface area contributed by atoms with Crippen molar-refractivity contribution >= 4 is 0 Å². The molecule has 0 saturated carbocycles. The Labute approximate surface area is 209 Å². The lowest BCUT2D eigenvalue weighted by atomic mass is 9.67. The highest BCUT2D eigenvalue weighted by molar-refractivity contribution is 5.58. The van der Waals surface area contributed by atoms with E-state index in [4.69, 9.17) is 10.2 Å². The molecule has 6 nitrogen and oxygen atoms in total. The molecule has 6 heteroatoms. The Morgan fingerprint density at radius 3 is 1.67 bits per heavy atom. The second-order valence-electron chi connectivity index (χ2n) is 8.65. The molecule has 0 atom stereocenters. The Hall–Kier alpha value is -4.84. The molecule has 174 valence electrons. The van der Waals surface area contributed by atoms with Crippen molar-refractivity contribution in [1.82, 2.24) is 29.5 Å². The summed E-state index contributed by atoms with van der Waals surface area (Å²) in [5.74, 6) is 1.54. The highest BCUT2D eigenvalue weighted by atomic mass is 15.3. The van der Waals surface area contributed by atoms with Gasteiger partial charge in [0.2, 0.25) is 0 Å². The van der Waals surface area contributed by atoms with E-state index in [1.54, 1.807) is 6.20 Å². The Bertz CT molecular complexity index is 1550. The third-order valence-electron chi connectivity index (χ3n) is 6.44. The monoisotopic (exact) mass is 468 g/mol. The van der Waals surface area contributed by atoms with Gasteiger partial charge in [0.25, 0.3) is 0 Å². The predicted octanol–water partition coefficient (Wildman–Crippen LogP) is 5.54. The topological polar surface area (TPSA) is 61.4 Å². The Morgan fingerprint density at radius 2 is 1.11 bits per heavy atom. The van der Waals surface area contributed by atoms with Crippen LogP contribution in [0.15, 0.2) is 128 Å². The van der Waals surface area contributed by atoms with Crippen molar-refractivity contribution in [2.45, 2.75) is 12.3 Å². The maximum Gasteiger partial charge on any atom is 0.153 e. The van der Waals surface area contributed by atoms with Crippen LogP contribution in [0.3, 0.4) is 0 Å². The summed E-state index contributed by atoms with van der Waals surface area (Å²) in [5, 5.41) is 9.47. The normalized spacial score (nSPS) is 11.5. The van der Waals surface area contributed by atoms with E-state index in [0.717, 1.165) is 39.6 Å². The number of aryl methyl sites for hydroxylation is 1. The molecular formula is C30H24N6. The van der Waals surface area contributed by atoms with Gasteiger partial charge in [-0.2, -0.15) is 10.2 Å². The van der Waals surface area contributed by atoms with Gasteiger partial charge in [-0.05, 0) is 42.3 Å². The van der Waals surface area contributed by atoms with Crippen LogP contribution in [0.25, 0.3) is 11.6 Å². The lowest BCUT2D eigenvalue weighted by Crippen LogP contribution is -2.30. The molecule has 0 N–H and O–H groups in total. The fourth-order valence-electron chi connectivity index (χ4n) is 4.81. The zero-order chi connectivity index (χ0) is 24.4. The fraction of sp³-hybridized carbons (Fsp3) is 0.0667. The van der Waals surface area contributed by atoms with Crippen LogP contribution in [0.2, 0.25) is 0 Å². The standard InChI is InChI=1S/C30H24N6/c1-23-11-10-17-29(34-23)36-22-27(20-33-36)30(24-12-4-2-5-13-24,25-14-6-3-7-15-25)26-19-32-35(21-26)28-16-8-9-18-31-28/h2-22H,1H3. The Morgan fingerprint density at radius 1 is 0.556 bits per heavy atom. The first-order valence-electron chi connectivity index (χ1n) is 11.8. The summed E-state index contributed by atoms with van der Waals surface area (Å²) in [4.78, 5) is 9.17. The molecule has 36 heavy (non-hydrogen) atoms. The smallest absolute Gasteiger partial charge is 0.153 e. The first kappa shape index (κ1) is 21.7. The first-order chi connectivity index (χ1) is 17.7. The summed E-state index contributed by atoms with van der Waals surface area (Å²) in [6.45, 7) is 1.98. The summed E-state index contributed by atoms with van der Waals surface area (Å²) in [7, 11) is 0. The average Bonchev–Trinajstić information content (AvgIpc) is 3.63. The van der Waals surface area contributed by atoms with E-state index in [2.05, 4.69) is 70.9 Å². The third-order valence-corrected chi connectivity index (χ3v) is 6.44. The van der Waals surface area contributed by atoms with Gasteiger partial charge in [0.1, 0.15) is 0 Å². The van der Waals surface area contributed by atoms with Gasteiger partial charge in [0.15, 0.2) is 11.6 Å². The summed E-state index contributed by atoms with van der Waals surface area (Å²) < 4.78 is 3.66. The summed E-state index contributed by atoms with van der Waals surface area (Å²) in [6.07, 6.45) is 9.76. The molecule has 0 aliphatic rings. The van der Waals surface area contributed by atoms with Crippen molar-refractivity contribution in [3.05, 3.63) is 156 Å².